The van der Waals surface area contributed by atoms with Crippen molar-refractivity contribution in [1.82, 2.24) is 4.98 Å². The summed E-state index contributed by atoms with van der Waals surface area (Å²) < 4.78 is 5.16. The average Bonchev–Trinajstić information content (AvgIpc) is 2.55. The number of nitro groups is 1. The van der Waals surface area contributed by atoms with E-state index in [9.17, 15) is 14.9 Å². The van der Waals surface area contributed by atoms with Crippen molar-refractivity contribution in [1.29, 1.82) is 0 Å². The first-order valence-corrected chi connectivity index (χ1v) is 6.45. The summed E-state index contributed by atoms with van der Waals surface area (Å²) in [6, 6.07) is 14.5. The van der Waals surface area contributed by atoms with Crippen LogP contribution in [0, 0.1) is 10.1 Å². The molecular weight excluding hydrogens is 284 g/mol. The predicted molar refractivity (Wildman–Crippen MR) is 79.8 cm³/mol. The molecule has 0 atom stereocenters. The molecule has 22 heavy (non-hydrogen) atoms. The number of hydrogen-bond acceptors (Lipinski definition) is 5. The maximum Gasteiger partial charge on any atom is 0.362 e. The number of aromatic nitrogens is 1. The van der Waals surface area contributed by atoms with Gasteiger partial charge in [0.2, 0.25) is 0 Å². The van der Waals surface area contributed by atoms with Crippen molar-refractivity contribution in [2.24, 2.45) is 0 Å². The van der Waals surface area contributed by atoms with Crippen LogP contribution in [0.3, 0.4) is 0 Å². The molecule has 0 saturated heterocycles. The zero-order valence-corrected chi connectivity index (χ0v) is 11.3. The van der Waals surface area contributed by atoms with E-state index in [4.69, 9.17) is 4.74 Å². The van der Waals surface area contributed by atoms with Gasteiger partial charge in [-0.3, -0.25) is 10.1 Å². The molecule has 3 aromatic rings. The lowest BCUT2D eigenvalue weighted by Crippen LogP contribution is -2.10. The van der Waals surface area contributed by atoms with Crippen LogP contribution in [0.4, 0.5) is 5.69 Å². The zero-order valence-electron chi connectivity index (χ0n) is 11.3. The Morgan fingerprint density at radius 1 is 1.05 bits per heavy atom. The van der Waals surface area contributed by atoms with Crippen LogP contribution in [0.2, 0.25) is 0 Å². The first-order valence-electron chi connectivity index (χ1n) is 6.45. The highest BCUT2D eigenvalue weighted by atomic mass is 16.6. The molecule has 6 nitrogen and oxygen atoms in total. The molecule has 0 aliphatic heterocycles. The molecule has 0 radical (unpaired) electrons. The second-order valence-corrected chi connectivity index (χ2v) is 4.56. The van der Waals surface area contributed by atoms with Gasteiger partial charge < -0.3 is 4.74 Å². The van der Waals surface area contributed by atoms with E-state index in [2.05, 4.69) is 4.98 Å². The van der Waals surface area contributed by atoms with Crippen molar-refractivity contribution in [2.75, 3.05) is 0 Å². The summed E-state index contributed by atoms with van der Waals surface area (Å²) in [5.41, 5.74) is 0.112. The van der Waals surface area contributed by atoms with Crippen molar-refractivity contribution in [2.45, 2.75) is 0 Å². The zero-order chi connectivity index (χ0) is 15.5. The summed E-state index contributed by atoms with van der Waals surface area (Å²) >= 11 is 0. The summed E-state index contributed by atoms with van der Waals surface area (Å²) in [5.74, 6) is -0.384. The minimum atomic E-state index is -0.611. The quantitative estimate of drug-likeness (QED) is 0.320. The largest absolute Gasteiger partial charge is 0.422 e. The number of esters is 1. The number of hydrogen-bond donors (Lipinski definition) is 0. The number of ether oxygens (including phenoxy) is 1. The Labute approximate surface area is 125 Å². The van der Waals surface area contributed by atoms with Gasteiger partial charge in [-0.25, -0.2) is 9.78 Å². The Balaban J connectivity index is 1.81. The lowest BCUT2D eigenvalue weighted by atomic mass is 10.1. The molecule has 1 heterocycles. The van der Waals surface area contributed by atoms with Gasteiger partial charge in [0.15, 0.2) is 0 Å². The highest BCUT2D eigenvalue weighted by Gasteiger charge is 2.12. The molecule has 6 heteroatoms. The summed E-state index contributed by atoms with van der Waals surface area (Å²) in [5, 5.41) is 12.4. The van der Waals surface area contributed by atoms with Crippen molar-refractivity contribution in [3.05, 3.63) is 76.6 Å². The molecule has 0 aliphatic rings. The van der Waals surface area contributed by atoms with Crippen molar-refractivity contribution in [3.63, 3.8) is 0 Å². The highest BCUT2D eigenvalue weighted by Crippen LogP contribution is 2.19. The van der Waals surface area contributed by atoms with Crippen LogP contribution in [0.25, 0.3) is 10.8 Å². The van der Waals surface area contributed by atoms with Crippen LogP contribution in [0.5, 0.6) is 5.75 Å². The molecule has 2 aromatic carbocycles. The monoisotopic (exact) mass is 294 g/mol. The fraction of sp³-hybridized carbons (Fsp3) is 0. The van der Waals surface area contributed by atoms with Crippen molar-refractivity contribution >= 4 is 22.4 Å². The molecule has 0 saturated carbocycles. The first kappa shape index (κ1) is 13.7. The molecule has 0 amide bonds. The molecule has 108 valence electrons. The third-order valence-corrected chi connectivity index (χ3v) is 3.10. The van der Waals surface area contributed by atoms with Crippen LogP contribution < -0.4 is 4.74 Å². The number of carbonyl (C=O) groups is 1. The Hall–Kier alpha value is -3.28. The minimum Gasteiger partial charge on any atom is -0.422 e. The molecule has 0 fully saturated rings. The highest BCUT2D eigenvalue weighted by molar-refractivity contribution is 5.94. The van der Waals surface area contributed by atoms with E-state index in [1.807, 2.05) is 24.3 Å². The molecule has 0 unspecified atom stereocenters. The van der Waals surface area contributed by atoms with E-state index in [-0.39, 0.29) is 17.1 Å². The lowest BCUT2D eigenvalue weighted by molar-refractivity contribution is -0.384. The van der Waals surface area contributed by atoms with Gasteiger partial charge in [0.05, 0.1) is 4.92 Å². The number of non-ortho nitro benzene ring substituents is 1. The third-order valence-electron chi connectivity index (χ3n) is 3.10. The second kappa shape index (κ2) is 5.61. The Morgan fingerprint density at radius 2 is 1.73 bits per heavy atom. The fourth-order valence-electron chi connectivity index (χ4n) is 1.99. The number of pyridine rings is 1. The standard InChI is InChI=1S/C16H10N2O4/c19-16(22-14-7-5-13(6-8-14)18(20)21)15-9-11-3-1-2-4-12(11)10-17-15/h1-10H. The average molecular weight is 294 g/mol. The SMILES string of the molecule is O=C(Oc1ccc([N+](=O)[O-])cc1)c1cc2ccccc2cn1. The predicted octanol–water partition coefficient (Wildman–Crippen LogP) is 3.36. The molecule has 1 aromatic heterocycles. The molecule has 3 rings (SSSR count). The number of carbonyl (C=O) groups excluding carboxylic acids is 1. The van der Waals surface area contributed by atoms with E-state index < -0.39 is 10.9 Å². The number of fused-ring (bicyclic) bond motifs is 1. The van der Waals surface area contributed by atoms with Crippen LogP contribution in [-0.4, -0.2) is 15.9 Å². The molecule has 0 bridgehead atoms. The first-order chi connectivity index (χ1) is 10.6. The van der Waals surface area contributed by atoms with Gasteiger partial charge in [-0.1, -0.05) is 24.3 Å². The van der Waals surface area contributed by atoms with Crippen molar-refractivity contribution < 1.29 is 14.5 Å². The lowest BCUT2D eigenvalue weighted by Gasteiger charge is -2.04. The van der Waals surface area contributed by atoms with Gasteiger partial charge in [0, 0.05) is 23.7 Å². The normalized spacial score (nSPS) is 10.4. The Morgan fingerprint density at radius 3 is 2.41 bits per heavy atom. The van der Waals surface area contributed by atoms with Crippen LogP contribution in [0.15, 0.2) is 60.8 Å². The van der Waals surface area contributed by atoms with Gasteiger partial charge in [0.1, 0.15) is 11.4 Å². The maximum absolute atomic E-state index is 12.1. The maximum atomic E-state index is 12.1. The van der Waals surface area contributed by atoms with Crippen LogP contribution in [0.1, 0.15) is 10.5 Å². The van der Waals surface area contributed by atoms with Crippen molar-refractivity contribution in [3.8, 4) is 5.75 Å². The summed E-state index contributed by atoms with van der Waals surface area (Å²) in [7, 11) is 0. The molecule has 0 aliphatic carbocycles. The Bertz CT molecular complexity index is 859. The van der Waals surface area contributed by atoms with E-state index in [0.717, 1.165) is 10.8 Å². The molecule has 0 spiro atoms. The fourth-order valence-corrected chi connectivity index (χ4v) is 1.99. The summed E-state index contributed by atoms with van der Waals surface area (Å²) in [6.07, 6.45) is 1.60. The van der Waals surface area contributed by atoms with Gasteiger partial charge in [-0.05, 0) is 23.6 Å². The third kappa shape index (κ3) is 2.76. The summed E-state index contributed by atoms with van der Waals surface area (Å²) in [4.78, 5) is 26.2. The Kier molecular flexibility index (Phi) is 3.49. The van der Waals surface area contributed by atoms with E-state index in [1.165, 1.54) is 24.3 Å². The second-order valence-electron chi connectivity index (χ2n) is 4.56. The van der Waals surface area contributed by atoms with E-state index >= 15 is 0 Å². The number of nitrogens with zero attached hydrogens (tertiary/aromatic N) is 2. The number of rotatable bonds is 3. The van der Waals surface area contributed by atoms with E-state index in [0.29, 0.717) is 0 Å². The van der Waals surface area contributed by atoms with Gasteiger partial charge >= 0.3 is 5.97 Å². The number of nitro benzene ring substituents is 1. The van der Waals surface area contributed by atoms with Gasteiger partial charge in [-0.2, -0.15) is 0 Å². The number of benzene rings is 2. The van der Waals surface area contributed by atoms with Gasteiger partial charge in [-0.15, -0.1) is 0 Å². The minimum absolute atomic E-state index is 0.0661. The smallest absolute Gasteiger partial charge is 0.362 e. The summed E-state index contributed by atoms with van der Waals surface area (Å²) in [6.45, 7) is 0. The van der Waals surface area contributed by atoms with Crippen LogP contribution >= 0.6 is 0 Å². The molecule has 0 N–H and O–H groups in total. The van der Waals surface area contributed by atoms with E-state index in [1.54, 1.807) is 12.3 Å². The molecular formula is C16H10N2O4. The van der Waals surface area contributed by atoms with Crippen LogP contribution in [-0.2, 0) is 0 Å². The topological polar surface area (TPSA) is 82.3 Å². The van der Waals surface area contributed by atoms with Gasteiger partial charge in [0.25, 0.3) is 5.69 Å².